The first-order valence-corrected chi connectivity index (χ1v) is 8.41. The Balaban J connectivity index is 1.90. The van der Waals surface area contributed by atoms with Crippen LogP contribution in [0.1, 0.15) is 42.5 Å². The summed E-state index contributed by atoms with van der Waals surface area (Å²) in [4.78, 5) is 27.8. The van der Waals surface area contributed by atoms with Gasteiger partial charge in [0.25, 0.3) is 5.91 Å². The van der Waals surface area contributed by atoms with Crippen LogP contribution in [0.4, 0.5) is 5.69 Å². The van der Waals surface area contributed by atoms with Crippen molar-refractivity contribution in [2.75, 3.05) is 39.0 Å². The molecule has 0 bridgehead atoms. The van der Waals surface area contributed by atoms with Gasteiger partial charge >= 0.3 is 0 Å². The van der Waals surface area contributed by atoms with Gasteiger partial charge in [0.05, 0.1) is 6.54 Å². The molecule has 1 fully saturated rings. The maximum Gasteiger partial charge on any atom is 0.253 e. The Kier molecular flexibility index (Phi) is 6.44. The van der Waals surface area contributed by atoms with Gasteiger partial charge < -0.3 is 15.1 Å². The smallest absolute Gasteiger partial charge is 0.253 e. The minimum Gasteiger partial charge on any atom is -0.376 e. The second-order valence-electron chi connectivity index (χ2n) is 6.28. The van der Waals surface area contributed by atoms with E-state index in [0.717, 1.165) is 31.6 Å². The van der Waals surface area contributed by atoms with Crippen molar-refractivity contribution in [2.45, 2.75) is 32.1 Å². The van der Waals surface area contributed by atoms with E-state index in [-0.39, 0.29) is 18.4 Å². The summed E-state index contributed by atoms with van der Waals surface area (Å²) in [5.41, 5.74) is 1.43. The SMILES string of the molecule is CN(C)C(=O)c1cccc(NCC(=O)N2CCCCCCC2)c1. The molecule has 5 heteroatoms. The number of nitrogens with zero attached hydrogens (tertiary/aromatic N) is 2. The first-order valence-electron chi connectivity index (χ1n) is 8.41. The molecule has 0 spiro atoms. The van der Waals surface area contributed by atoms with Gasteiger partial charge in [0.1, 0.15) is 0 Å². The summed E-state index contributed by atoms with van der Waals surface area (Å²) in [7, 11) is 3.46. The molecule has 0 aromatic heterocycles. The molecule has 0 aliphatic carbocycles. The average Bonchev–Trinajstić information content (AvgIpc) is 2.51. The third kappa shape index (κ3) is 5.27. The normalized spacial score (nSPS) is 15.5. The Hall–Kier alpha value is -2.04. The standard InChI is InChI=1S/C18H27N3O2/c1-20(2)18(23)15-9-8-10-16(13-15)19-14-17(22)21-11-6-4-3-5-7-12-21/h8-10,13,19H,3-7,11-12,14H2,1-2H3. The molecule has 0 radical (unpaired) electrons. The van der Waals surface area contributed by atoms with Crippen molar-refractivity contribution in [3.05, 3.63) is 29.8 Å². The fourth-order valence-corrected chi connectivity index (χ4v) is 2.81. The quantitative estimate of drug-likeness (QED) is 0.928. The number of hydrogen-bond acceptors (Lipinski definition) is 3. The van der Waals surface area contributed by atoms with Crippen LogP contribution in [0.25, 0.3) is 0 Å². The molecule has 0 atom stereocenters. The topological polar surface area (TPSA) is 52.7 Å². The largest absolute Gasteiger partial charge is 0.376 e. The van der Waals surface area contributed by atoms with Crippen molar-refractivity contribution in [1.82, 2.24) is 9.80 Å². The van der Waals surface area contributed by atoms with E-state index in [9.17, 15) is 9.59 Å². The van der Waals surface area contributed by atoms with E-state index in [1.54, 1.807) is 31.1 Å². The number of benzene rings is 1. The van der Waals surface area contributed by atoms with Crippen molar-refractivity contribution in [3.63, 3.8) is 0 Å². The summed E-state index contributed by atoms with van der Waals surface area (Å²) >= 11 is 0. The van der Waals surface area contributed by atoms with Crippen LogP contribution in [0.15, 0.2) is 24.3 Å². The maximum absolute atomic E-state index is 12.4. The van der Waals surface area contributed by atoms with Gasteiger partial charge in [-0.3, -0.25) is 9.59 Å². The Morgan fingerprint density at radius 3 is 2.39 bits per heavy atom. The van der Waals surface area contributed by atoms with E-state index in [1.807, 2.05) is 17.0 Å². The zero-order valence-electron chi connectivity index (χ0n) is 14.2. The number of anilines is 1. The maximum atomic E-state index is 12.4. The lowest BCUT2D eigenvalue weighted by atomic mass is 10.1. The van der Waals surface area contributed by atoms with E-state index < -0.39 is 0 Å². The predicted octanol–water partition coefficient (Wildman–Crippen LogP) is 2.59. The molecule has 1 aliphatic heterocycles. The number of carbonyl (C=O) groups is 2. The van der Waals surface area contributed by atoms with E-state index in [1.165, 1.54) is 19.3 Å². The molecule has 0 saturated carbocycles. The Morgan fingerprint density at radius 2 is 1.74 bits per heavy atom. The lowest BCUT2D eigenvalue weighted by Crippen LogP contribution is -2.37. The Bertz CT molecular complexity index is 535. The zero-order valence-corrected chi connectivity index (χ0v) is 14.2. The highest BCUT2D eigenvalue weighted by Gasteiger charge is 2.14. The molecule has 2 rings (SSSR count). The van der Waals surface area contributed by atoms with Gasteiger partial charge in [0, 0.05) is 38.4 Å². The molecular formula is C18H27N3O2. The summed E-state index contributed by atoms with van der Waals surface area (Å²) in [5, 5.41) is 3.15. The lowest BCUT2D eigenvalue weighted by Gasteiger charge is -2.25. The third-order valence-electron chi connectivity index (χ3n) is 4.17. The summed E-state index contributed by atoms with van der Waals surface area (Å²) < 4.78 is 0. The van der Waals surface area contributed by atoms with Gasteiger partial charge in [-0.05, 0) is 31.0 Å². The Labute approximate surface area is 138 Å². The van der Waals surface area contributed by atoms with E-state index in [0.29, 0.717) is 5.56 Å². The molecular weight excluding hydrogens is 290 g/mol. The van der Waals surface area contributed by atoms with Crippen LogP contribution in [0.3, 0.4) is 0 Å². The number of carbonyl (C=O) groups excluding carboxylic acids is 2. The number of likely N-dealkylation sites (tertiary alicyclic amines) is 1. The fourth-order valence-electron chi connectivity index (χ4n) is 2.81. The van der Waals surface area contributed by atoms with Gasteiger partial charge in [-0.1, -0.05) is 25.3 Å². The van der Waals surface area contributed by atoms with Gasteiger partial charge in [-0.2, -0.15) is 0 Å². The first kappa shape index (κ1) is 17.3. The number of nitrogens with one attached hydrogen (secondary N) is 1. The monoisotopic (exact) mass is 317 g/mol. The highest BCUT2D eigenvalue weighted by atomic mass is 16.2. The third-order valence-corrected chi connectivity index (χ3v) is 4.17. The number of hydrogen-bond donors (Lipinski definition) is 1. The van der Waals surface area contributed by atoms with Crippen LogP contribution in [-0.4, -0.2) is 55.3 Å². The van der Waals surface area contributed by atoms with Gasteiger partial charge in [-0.15, -0.1) is 0 Å². The molecule has 2 amide bonds. The second-order valence-corrected chi connectivity index (χ2v) is 6.28. The molecule has 1 heterocycles. The summed E-state index contributed by atoms with van der Waals surface area (Å²) in [5.74, 6) is 0.0972. The molecule has 23 heavy (non-hydrogen) atoms. The van der Waals surface area contributed by atoms with Crippen molar-refractivity contribution in [1.29, 1.82) is 0 Å². The minimum atomic E-state index is -0.0382. The molecule has 1 aromatic carbocycles. The summed E-state index contributed by atoms with van der Waals surface area (Å²) in [6.45, 7) is 2.00. The van der Waals surface area contributed by atoms with Crippen molar-refractivity contribution >= 4 is 17.5 Å². The van der Waals surface area contributed by atoms with E-state index in [4.69, 9.17) is 0 Å². The van der Waals surface area contributed by atoms with E-state index >= 15 is 0 Å². The highest BCUT2D eigenvalue weighted by molar-refractivity contribution is 5.95. The van der Waals surface area contributed by atoms with Crippen LogP contribution < -0.4 is 5.32 Å². The fraction of sp³-hybridized carbons (Fsp3) is 0.556. The van der Waals surface area contributed by atoms with Crippen molar-refractivity contribution in [2.24, 2.45) is 0 Å². The van der Waals surface area contributed by atoms with E-state index in [2.05, 4.69) is 5.32 Å². The lowest BCUT2D eigenvalue weighted by molar-refractivity contribution is -0.129. The highest BCUT2D eigenvalue weighted by Crippen LogP contribution is 2.13. The van der Waals surface area contributed by atoms with Gasteiger partial charge in [-0.25, -0.2) is 0 Å². The Morgan fingerprint density at radius 1 is 1.09 bits per heavy atom. The molecule has 5 nitrogen and oxygen atoms in total. The van der Waals surface area contributed by atoms with Gasteiger partial charge in [0.2, 0.25) is 5.91 Å². The summed E-state index contributed by atoms with van der Waals surface area (Å²) in [6, 6.07) is 7.30. The van der Waals surface area contributed by atoms with Crippen molar-refractivity contribution < 1.29 is 9.59 Å². The number of rotatable bonds is 4. The first-order chi connectivity index (χ1) is 11.1. The molecule has 126 valence electrons. The summed E-state index contributed by atoms with van der Waals surface area (Å²) in [6.07, 6.45) is 5.90. The molecule has 1 saturated heterocycles. The second kappa shape index (κ2) is 8.56. The predicted molar refractivity (Wildman–Crippen MR) is 92.6 cm³/mol. The van der Waals surface area contributed by atoms with Crippen LogP contribution in [-0.2, 0) is 4.79 Å². The molecule has 1 aromatic rings. The zero-order chi connectivity index (χ0) is 16.7. The van der Waals surface area contributed by atoms with Gasteiger partial charge in [0.15, 0.2) is 0 Å². The average molecular weight is 317 g/mol. The molecule has 1 N–H and O–H groups in total. The number of amides is 2. The van der Waals surface area contributed by atoms with Crippen LogP contribution in [0, 0.1) is 0 Å². The molecule has 1 aliphatic rings. The van der Waals surface area contributed by atoms with Crippen LogP contribution in [0.5, 0.6) is 0 Å². The molecule has 0 unspecified atom stereocenters. The minimum absolute atomic E-state index is 0.0382. The van der Waals surface area contributed by atoms with Crippen molar-refractivity contribution in [3.8, 4) is 0 Å². The van der Waals surface area contributed by atoms with Crippen LogP contribution >= 0.6 is 0 Å². The van der Waals surface area contributed by atoms with Crippen LogP contribution in [0.2, 0.25) is 0 Å².